The second kappa shape index (κ2) is 9.06. The number of hydrogen-bond donors (Lipinski definition) is 1. The number of alkyl carbamates (subject to hydrolysis) is 1. The summed E-state index contributed by atoms with van der Waals surface area (Å²) < 4.78 is 5.23. The summed E-state index contributed by atoms with van der Waals surface area (Å²) in [5.41, 5.74) is -0.554. The Morgan fingerprint density at radius 1 is 1.36 bits per heavy atom. The van der Waals surface area contributed by atoms with Gasteiger partial charge in [0.05, 0.1) is 0 Å². The Hall–Kier alpha value is -1.79. The molecule has 1 saturated heterocycles. The number of carbonyl (C=O) groups excluding carboxylic acids is 3. The van der Waals surface area contributed by atoms with Crippen molar-refractivity contribution < 1.29 is 19.1 Å². The smallest absolute Gasteiger partial charge is 0.407 e. The maximum atomic E-state index is 11.9. The first kappa shape index (κ1) is 21.3. The average molecular weight is 355 g/mol. The summed E-state index contributed by atoms with van der Waals surface area (Å²) >= 11 is 0. The van der Waals surface area contributed by atoms with Crippen LogP contribution in [0.25, 0.3) is 0 Å². The zero-order valence-electron chi connectivity index (χ0n) is 16.4. The van der Waals surface area contributed by atoms with Gasteiger partial charge in [-0.2, -0.15) is 0 Å². The van der Waals surface area contributed by atoms with Crippen molar-refractivity contribution in [3.8, 4) is 0 Å². The van der Waals surface area contributed by atoms with E-state index in [1.807, 2.05) is 18.7 Å². The van der Waals surface area contributed by atoms with Gasteiger partial charge in [-0.05, 0) is 53.9 Å². The fourth-order valence-corrected chi connectivity index (χ4v) is 3.14. The van der Waals surface area contributed by atoms with Crippen molar-refractivity contribution in [2.75, 3.05) is 13.1 Å². The highest BCUT2D eigenvalue weighted by Crippen LogP contribution is 2.24. The van der Waals surface area contributed by atoms with Gasteiger partial charge < -0.3 is 19.9 Å². The van der Waals surface area contributed by atoms with Crippen LogP contribution < -0.4 is 5.32 Å². The van der Waals surface area contributed by atoms with E-state index in [2.05, 4.69) is 5.32 Å². The van der Waals surface area contributed by atoms with E-state index in [4.69, 9.17) is 4.74 Å². The van der Waals surface area contributed by atoms with Crippen LogP contribution in [0.15, 0.2) is 0 Å². The first-order valence-corrected chi connectivity index (χ1v) is 9.01. The molecule has 2 unspecified atom stereocenters. The molecule has 0 aromatic rings. The normalized spacial score (nSPS) is 21.6. The van der Waals surface area contributed by atoms with E-state index in [9.17, 15) is 14.4 Å². The molecule has 1 fully saturated rings. The van der Waals surface area contributed by atoms with E-state index in [1.54, 1.807) is 25.7 Å². The Bertz CT molecular complexity index is 475. The predicted molar refractivity (Wildman–Crippen MR) is 96.1 cm³/mol. The summed E-state index contributed by atoms with van der Waals surface area (Å²) in [6.07, 6.45) is 3.15. The molecular formula is C18H33N3O4. The lowest BCUT2D eigenvalue weighted by Crippen LogP contribution is -2.46. The zero-order chi connectivity index (χ0) is 19.2. The monoisotopic (exact) mass is 355 g/mol. The van der Waals surface area contributed by atoms with E-state index in [1.165, 1.54) is 6.92 Å². The van der Waals surface area contributed by atoms with Gasteiger partial charge in [-0.3, -0.25) is 9.59 Å². The molecule has 0 aromatic carbocycles. The Kier molecular flexibility index (Phi) is 7.70. The molecule has 7 heteroatoms. The Labute approximate surface area is 151 Å². The number of ether oxygens (including phenoxy) is 1. The van der Waals surface area contributed by atoms with Crippen molar-refractivity contribution in [1.29, 1.82) is 0 Å². The van der Waals surface area contributed by atoms with Crippen LogP contribution in [0.3, 0.4) is 0 Å². The fraction of sp³-hybridized carbons (Fsp3) is 0.833. The first-order valence-electron chi connectivity index (χ1n) is 9.01. The van der Waals surface area contributed by atoms with Crippen molar-refractivity contribution in [1.82, 2.24) is 15.1 Å². The SMILES string of the molecule is CC(=O)N(CC[C@H]1CCC(C)N1C=O)CC(C)NC(=O)OC(C)(C)C. The lowest BCUT2D eigenvalue weighted by molar-refractivity contribution is -0.129. The molecule has 0 spiro atoms. The topological polar surface area (TPSA) is 79.0 Å². The van der Waals surface area contributed by atoms with Crippen molar-refractivity contribution in [3.05, 3.63) is 0 Å². The molecule has 3 atom stereocenters. The summed E-state index contributed by atoms with van der Waals surface area (Å²) in [7, 11) is 0. The highest BCUT2D eigenvalue weighted by atomic mass is 16.6. The molecule has 0 bridgehead atoms. The van der Waals surface area contributed by atoms with Gasteiger partial charge in [0.1, 0.15) is 5.60 Å². The van der Waals surface area contributed by atoms with E-state index in [0.29, 0.717) is 13.1 Å². The third-order valence-electron chi connectivity index (χ3n) is 4.40. The summed E-state index contributed by atoms with van der Waals surface area (Å²) in [5.74, 6) is -0.0402. The Balaban J connectivity index is 2.50. The van der Waals surface area contributed by atoms with Gasteiger partial charge in [0.15, 0.2) is 0 Å². The minimum atomic E-state index is -0.554. The van der Waals surface area contributed by atoms with Gasteiger partial charge >= 0.3 is 6.09 Å². The number of rotatable bonds is 7. The van der Waals surface area contributed by atoms with Crippen LogP contribution in [0.4, 0.5) is 4.79 Å². The second-order valence-corrected chi connectivity index (χ2v) is 7.93. The van der Waals surface area contributed by atoms with Crippen molar-refractivity contribution in [2.24, 2.45) is 0 Å². The third kappa shape index (κ3) is 7.32. The van der Waals surface area contributed by atoms with Gasteiger partial charge in [-0.1, -0.05) is 0 Å². The Morgan fingerprint density at radius 3 is 2.52 bits per heavy atom. The lowest BCUT2D eigenvalue weighted by atomic mass is 10.1. The third-order valence-corrected chi connectivity index (χ3v) is 4.40. The zero-order valence-corrected chi connectivity index (χ0v) is 16.4. The van der Waals surface area contributed by atoms with Crippen LogP contribution >= 0.6 is 0 Å². The Morgan fingerprint density at radius 2 is 2.00 bits per heavy atom. The molecule has 1 aliphatic heterocycles. The number of likely N-dealkylation sites (tertiary alicyclic amines) is 1. The maximum absolute atomic E-state index is 11.9. The maximum Gasteiger partial charge on any atom is 0.407 e. The molecule has 1 aliphatic rings. The fourth-order valence-electron chi connectivity index (χ4n) is 3.14. The van der Waals surface area contributed by atoms with Gasteiger partial charge in [0, 0.05) is 38.1 Å². The predicted octanol–water partition coefficient (Wildman–Crippen LogP) is 2.15. The van der Waals surface area contributed by atoms with Crippen LogP contribution in [0.2, 0.25) is 0 Å². The van der Waals surface area contributed by atoms with E-state index in [-0.39, 0.29) is 24.0 Å². The summed E-state index contributed by atoms with van der Waals surface area (Å²) in [6.45, 7) is 11.8. The van der Waals surface area contributed by atoms with Gasteiger partial charge in [0.25, 0.3) is 0 Å². The second-order valence-electron chi connectivity index (χ2n) is 7.93. The highest BCUT2D eigenvalue weighted by Gasteiger charge is 2.29. The molecule has 7 nitrogen and oxygen atoms in total. The molecule has 0 radical (unpaired) electrons. The molecule has 3 amide bonds. The van der Waals surface area contributed by atoms with Gasteiger partial charge in [-0.25, -0.2) is 4.79 Å². The average Bonchev–Trinajstić information content (AvgIpc) is 2.80. The van der Waals surface area contributed by atoms with E-state index in [0.717, 1.165) is 25.7 Å². The molecule has 1 rings (SSSR count). The molecule has 1 N–H and O–H groups in total. The van der Waals surface area contributed by atoms with E-state index < -0.39 is 11.7 Å². The van der Waals surface area contributed by atoms with Crippen molar-refractivity contribution in [3.63, 3.8) is 0 Å². The number of hydrogen-bond acceptors (Lipinski definition) is 4. The summed E-state index contributed by atoms with van der Waals surface area (Å²) in [5, 5.41) is 2.76. The van der Waals surface area contributed by atoms with Crippen LogP contribution in [0.5, 0.6) is 0 Å². The minimum Gasteiger partial charge on any atom is -0.444 e. The molecule has 0 aliphatic carbocycles. The molecule has 144 valence electrons. The number of amides is 3. The number of carbonyl (C=O) groups is 3. The van der Waals surface area contributed by atoms with Crippen LogP contribution in [-0.4, -0.2) is 65.0 Å². The largest absolute Gasteiger partial charge is 0.444 e. The van der Waals surface area contributed by atoms with Gasteiger partial charge in [-0.15, -0.1) is 0 Å². The minimum absolute atomic E-state index is 0.0402. The van der Waals surface area contributed by atoms with E-state index >= 15 is 0 Å². The molecule has 25 heavy (non-hydrogen) atoms. The van der Waals surface area contributed by atoms with Gasteiger partial charge in [0.2, 0.25) is 12.3 Å². The summed E-state index contributed by atoms with van der Waals surface area (Å²) in [4.78, 5) is 38.5. The quantitative estimate of drug-likeness (QED) is 0.710. The molecule has 0 saturated carbocycles. The van der Waals surface area contributed by atoms with Crippen LogP contribution in [-0.2, 0) is 14.3 Å². The molecular weight excluding hydrogens is 322 g/mol. The molecule has 1 heterocycles. The molecule has 0 aromatic heterocycles. The van der Waals surface area contributed by atoms with Crippen LogP contribution in [0.1, 0.15) is 60.8 Å². The summed E-state index contributed by atoms with van der Waals surface area (Å²) in [6, 6.07) is 0.230. The highest BCUT2D eigenvalue weighted by molar-refractivity contribution is 5.73. The standard InChI is InChI=1S/C18H33N3O4/c1-13(19-17(24)25-18(4,5)6)11-20(15(3)23)10-9-16-8-7-14(2)21(16)12-22/h12-14,16H,7-11H2,1-6H3,(H,19,24)/t13?,14?,16-/m1/s1. The van der Waals surface area contributed by atoms with Crippen LogP contribution in [0, 0.1) is 0 Å². The van der Waals surface area contributed by atoms with Crippen molar-refractivity contribution in [2.45, 2.75) is 84.5 Å². The lowest BCUT2D eigenvalue weighted by Gasteiger charge is -2.29. The number of nitrogens with one attached hydrogen (secondary N) is 1. The van der Waals surface area contributed by atoms with Crippen molar-refractivity contribution >= 4 is 18.4 Å². The first-order chi connectivity index (χ1) is 11.5. The number of nitrogens with zero attached hydrogens (tertiary/aromatic N) is 2.